The average molecular weight is 409 g/mol. The van der Waals surface area contributed by atoms with Gasteiger partial charge in [0.05, 0.1) is 23.0 Å². The number of nitrogens with one attached hydrogen (secondary N) is 1. The molecule has 1 N–H and O–H groups in total. The van der Waals surface area contributed by atoms with Gasteiger partial charge < -0.3 is 4.90 Å². The summed E-state index contributed by atoms with van der Waals surface area (Å²) in [5.74, 6) is -0.270. The summed E-state index contributed by atoms with van der Waals surface area (Å²) >= 11 is 0. The molecular formula is C26H24N4O. The quantitative estimate of drug-likeness (QED) is 0.372. The summed E-state index contributed by atoms with van der Waals surface area (Å²) in [6.45, 7) is 2.04. The first-order chi connectivity index (χ1) is 15.0. The van der Waals surface area contributed by atoms with Gasteiger partial charge in [-0.05, 0) is 36.8 Å². The Morgan fingerprint density at radius 2 is 1.68 bits per heavy atom. The van der Waals surface area contributed by atoms with Gasteiger partial charge in [-0.3, -0.25) is 4.79 Å². The molecule has 0 radical (unpaired) electrons. The second-order valence-electron chi connectivity index (χ2n) is 7.62. The molecule has 0 aliphatic carbocycles. The number of aromatic nitrogens is 1. The van der Waals surface area contributed by atoms with Crippen molar-refractivity contribution in [2.24, 2.45) is 5.10 Å². The van der Waals surface area contributed by atoms with Crippen LogP contribution in [0.5, 0.6) is 0 Å². The minimum absolute atomic E-state index is 0.270. The molecular weight excluding hydrogens is 384 g/mol. The highest BCUT2D eigenvalue weighted by atomic mass is 16.2. The number of aryl methyl sites for hydroxylation is 1. The molecule has 31 heavy (non-hydrogen) atoms. The molecule has 5 heteroatoms. The third kappa shape index (κ3) is 4.61. The fraction of sp³-hybridized carbons (Fsp3) is 0.115. The van der Waals surface area contributed by atoms with Crippen LogP contribution in [-0.2, 0) is 0 Å². The lowest BCUT2D eigenvalue weighted by Crippen LogP contribution is -2.18. The molecule has 1 aromatic heterocycles. The lowest BCUT2D eigenvalue weighted by Gasteiger charge is -2.11. The van der Waals surface area contributed by atoms with E-state index in [2.05, 4.69) is 10.5 Å². The van der Waals surface area contributed by atoms with Crippen molar-refractivity contribution in [3.8, 4) is 11.3 Å². The van der Waals surface area contributed by atoms with Crippen LogP contribution in [0, 0.1) is 6.92 Å². The number of pyridine rings is 1. The molecule has 0 aliphatic rings. The van der Waals surface area contributed by atoms with E-state index in [1.54, 1.807) is 6.21 Å². The average Bonchev–Trinajstić information content (AvgIpc) is 2.79. The number of carbonyl (C=O) groups excluding carboxylic acids is 1. The van der Waals surface area contributed by atoms with Gasteiger partial charge in [0.2, 0.25) is 0 Å². The number of rotatable bonds is 5. The number of amides is 1. The largest absolute Gasteiger partial charge is 0.378 e. The zero-order valence-electron chi connectivity index (χ0n) is 17.8. The third-order valence-corrected chi connectivity index (χ3v) is 5.10. The SMILES string of the molecule is Cc1ccc(-c2cc(C(=O)N/N=C\c3ccc(N(C)C)cc3)c3ccccc3n2)cc1. The van der Waals surface area contributed by atoms with E-state index in [-0.39, 0.29) is 5.91 Å². The molecule has 4 aromatic rings. The molecule has 0 aliphatic heterocycles. The van der Waals surface area contributed by atoms with Gasteiger partial charge in [0, 0.05) is 30.7 Å². The van der Waals surface area contributed by atoms with Crippen molar-refractivity contribution in [3.63, 3.8) is 0 Å². The smallest absolute Gasteiger partial charge is 0.272 e. The second kappa shape index (κ2) is 8.79. The number of carbonyl (C=O) groups is 1. The molecule has 0 spiro atoms. The van der Waals surface area contributed by atoms with Gasteiger partial charge in [-0.2, -0.15) is 5.10 Å². The Morgan fingerprint density at radius 1 is 0.968 bits per heavy atom. The van der Waals surface area contributed by atoms with Crippen LogP contribution < -0.4 is 10.3 Å². The summed E-state index contributed by atoms with van der Waals surface area (Å²) in [6, 6.07) is 25.5. The van der Waals surface area contributed by atoms with E-state index in [9.17, 15) is 4.79 Å². The molecule has 1 heterocycles. The molecule has 5 nitrogen and oxygen atoms in total. The predicted octanol–water partition coefficient (Wildman–Crippen LogP) is 5.04. The first-order valence-electron chi connectivity index (χ1n) is 10.1. The number of hydrazone groups is 1. The van der Waals surface area contributed by atoms with Crippen LogP contribution in [0.4, 0.5) is 5.69 Å². The van der Waals surface area contributed by atoms with Crippen LogP contribution in [0.25, 0.3) is 22.2 Å². The van der Waals surface area contributed by atoms with Gasteiger partial charge >= 0.3 is 0 Å². The molecule has 0 saturated heterocycles. The molecule has 4 rings (SSSR count). The van der Waals surface area contributed by atoms with Crippen molar-refractivity contribution in [1.82, 2.24) is 10.4 Å². The van der Waals surface area contributed by atoms with E-state index in [1.165, 1.54) is 5.56 Å². The molecule has 3 aromatic carbocycles. The van der Waals surface area contributed by atoms with Gasteiger partial charge in [-0.25, -0.2) is 10.4 Å². The van der Waals surface area contributed by atoms with Crippen molar-refractivity contribution < 1.29 is 4.79 Å². The lowest BCUT2D eigenvalue weighted by atomic mass is 10.0. The van der Waals surface area contributed by atoms with Crippen LogP contribution >= 0.6 is 0 Å². The van der Waals surface area contributed by atoms with Crippen LogP contribution in [-0.4, -0.2) is 31.2 Å². The topological polar surface area (TPSA) is 57.6 Å². The monoisotopic (exact) mass is 408 g/mol. The van der Waals surface area contributed by atoms with Crippen molar-refractivity contribution in [1.29, 1.82) is 0 Å². The number of anilines is 1. The first-order valence-corrected chi connectivity index (χ1v) is 10.1. The van der Waals surface area contributed by atoms with E-state index in [4.69, 9.17) is 4.98 Å². The first kappa shape index (κ1) is 20.3. The summed E-state index contributed by atoms with van der Waals surface area (Å²) in [5, 5.41) is 4.95. The Kier molecular flexibility index (Phi) is 5.76. The number of nitrogens with zero attached hydrogens (tertiary/aromatic N) is 3. The second-order valence-corrected chi connectivity index (χ2v) is 7.62. The predicted molar refractivity (Wildman–Crippen MR) is 128 cm³/mol. The van der Waals surface area contributed by atoms with Crippen LogP contribution in [0.3, 0.4) is 0 Å². The molecule has 1 amide bonds. The van der Waals surface area contributed by atoms with Crippen molar-refractivity contribution >= 4 is 28.7 Å². The molecule has 0 bridgehead atoms. The van der Waals surface area contributed by atoms with Crippen molar-refractivity contribution in [3.05, 3.63) is 95.6 Å². The maximum atomic E-state index is 13.0. The van der Waals surface area contributed by atoms with E-state index < -0.39 is 0 Å². The third-order valence-electron chi connectivity index (χ3n) is 5.10. The number of benzene rings is 3. The highest BCUT2D eigenvalue weighted by Crippen LogP contribution is 2.25. The van der Waals surface area contributed by atoms with Crippen molar-refractivity contribution in [2.45, 2.75) is 6.92 Å². The van der Waals surface area contributed by atoms with Crippen LogP contribution in [0.1, 0.15) is 21.5 Å². The summed E-state index contributed by atoms with van der Waals surface area (Å²) in [5.41, 5.74) is 8.89. The summed E-state index contributed by atoms with van der Waals surface area (Å²) in [6.07, 6.45) is 1.64. The number of para-hydroxylation sites is 1. The molecule has 0 saturated carbocycles. The number of hydrogen-bond donors (Lipinski definition) is 1. The summed E-state index contributed by atoms with van der Waals surface area (Å²) < 4.78 is 0. The standard InChI is InChI=1S/C26H24N4O/c1-18-8-12-20(13-9-18)25-16-23(22-6-4-5-7-24(22)28-25)26(31)29-27-17-19-10-14-21(15-11-19)30(2)3/h4-17H,1-3H3,(H,29,31)/b27-17-. The van der Waals surface area contributed by atoms with Gasteiger partial charge in [0.25, 0.3) is 5.91 Å². The maximum Gasteiger partial charge on any atom is 0.272 e. The lowest BCUT2D eigenvalue weighted by molar-refractivity contribution is 0.0956. The van der Waals surface area contributed by atoms with Crippen LogP contribution in [0.2, 0.25) is 0 Å². The zero-order chi connectivity index (χ0) is 21.8. The van der Waals surface area contributed by atoms with E-state index in [0.29, 0.717) is 5.56 Å². The molecule has 154 valence electrons. The zero-order valence-corrected chi connectivity index (χ0v) is 17.8. The van der Waals surface area contributed by atoms with Gasteiger partial charge in [0.1, 0.15) is 0 Å². The van der Waals surface area contributed by atoms with E-state index in [1.807, 2.05) is 105 Å². The number of fused-ring (bicyclic) bond motifs is 1. The van der Waals surface area contributed by atoms with E-state index in [0.717, 1.165) is 33.4 Å². The van der Waals surface area contributed by atoms with Gasteiger partial charge in [0.15, 0.2) is 0 Å². The Bertz CT molecular complexity index is 1240. The Hall–Kier alpha value is -3.99. The molecule has 0 atom stereocenters. The highest BCUT2D eigenvalue weighted by molar-refractivity contribution is 6.07. The molecule has 0 fully saturated rings. The normalized spacial score (nSPS) is 11.1. The highest BCUT2D eigenvalue weighted by Gasteiger charge is 2.13. The molecule has 0 unspecified atom stereocenters. The summed E-state index contributed by atoms with van der Waals surface area (Å²) in [4.78, 5) is 19.7. The summed E-state index contributed by atoms with van der Waals surface area (Å²) in [7, 11) is 3.99. The minimum Gasteiger partial charge on any atom is -0.378 e. The fourth-order valence-electron chi connectivity index (χ4n) is 3.32. The van der Waals surface area contributed by atoms with Gasteiger partial charge in [-0.1, -0.05) is 60.2 Å². The fourth-order valence-corrected chi connectivity index (χ4v) is 3.32. The number of hydrogen-bond acceptors (Lipinski definition) is 4. The Balaban J connectivity index is 1.61. The minimum atomic E-state index is -0.270. The maximum absolute atomic E-state index is 13.0. The Labute approximate surface area is 182 Å². The Morgan fingerprint density at radius 3 is 2.39 bits per heavy atom. The van der Waals surface area contributed by atoms with E-state index >= 15 is 0 Å². The van der Waals surface area contributed by atoms with Crippen LogP contribution in [0.15, 0.2) is 84.0 Å². The van der Waals surface area contributed by atoms with Gasteiger partial charge in [-0.15, -0.1) is 0 Å². The van der Waals surface area contributed by atoms with Crippen molar-refractivity contribution in [2.75, 3.05) is 19.0 Å².